The van der Waals surface area contributed by atoms with E-state index in [2.05, 4.69) is 0 Å². The fourth-order valence-electron chi connectivity index (χ4n) is 2.09. The van der Waals surface area contributed by atoms with E-state index >= 15 is 0 Å². The van der Waals surface area contributed by atoms with Gasteiger partial charge in [0.05, 0.1) is 0 Å². The van der Waals surface area contributed by atoms with Gasteiger partial charge in [0.15, 0.2) is 0 Å². The first-order valence-corrected chi connectivity index (χ1v) is 6.97. The van der Waals surface area contributed by atoms with E-state index in [0.717, 1.165) is 29.9 Å². The molecule has 0 radical (unpaired) electrons. The molecule has 1 aliphatic rings. The minimum Gasteiger partial charge on any atom is -0.330 e. The normalized spacial score (nSPS) is 22.2. The molecule has 3 heteroatoms. The van der Waals surface area contributed by atoms with E-state index in [1.165, 1.54) is 5.56 Å². The summed E-state index contributed by atoms with van der Waals surface area (Å²) in [7, 11) is 0. The fourth-order valence-corrected chi connectivity index (χ4v) is 3.37. The predicted octanol–water partition coefficient (Wildman–Crippen LogP) is 2.95. The smallest absolute Gasteiger partial charge is 0.129 e. The number of alkyl halides is 1. The Hall–Kier alpha value is -0.540. The molecule has 0 amide bonds. The third-order valence-electron chi connectivity index (χ3n) is 3.11. The molecule has 1 aromatic carbocycles. The lowest BCUT2D eigenvalue weighted by Gasteiger charge is -2.15. The first kappa shape index (κ1) is 11.9. The molecule has 88 valence electrons. The summed E-state index contributed by atoms with van der Waals surface area (Å²) >= 11 is 1.86. The molecule has 0 aliphatic carbocycles. The molecule has 2 atom stereocenters. The van der Waals surface area contributed by atoms with Gasteiger partial charge in [0.2, 0.25) is 0 Å². The Balaban J connectivity index is 2.02. The standard InChI is InChI=1S/C13H18FNS/c14-13(12-6-8-16-9-12)11-3-1-10(2-4-11)5-7-15/h1-4,12-13H,5-9,15H2. The van der Waals surface area contributed by atoms with Gasteiger partial charge in [-0.05, 0) is 42.0 Å². The quantitative estimate of drug-likeness (QED) is 0.874. The molecule has 1 saturated heterocycles. The highest BCUT2D eigenvalue weighted by Crippen LogP contribution is 2.36. The summed E-state index contributed by atoms with van der Waals surface area (Å²) in [5, 5.41) is 0. The van der Waals surface area contributed by atoms with Crippen LogP contribution in [-0.4, -0.2) is 18.1 Å². The van der Waals surface area contributed by atoms with Gasteiger partial charge in [-0.2, -0.15) is 11.8 Å². The molecule has 0 bridgehead atoms. The van der Waals surface area contributed by atoms with E-state index in [0.29, 0.717) is 6.54 Å². The molecule has 1 aromatic rings. The van der Waals surface area contributed by atoms with Crippen LogP contribution in [0.2, 0.25) is 0 Å². The second kappa shape index (κ2) is 5.69. The van der Waals surface area contributed by atoms with Crippen LogP contribution >= 0.6 is 11.8 Å². The van der Waals surface area contributed by atoms with Crippen LogP contribution in [0.3, 0.4) is 0 Å². The first-order chi connectivity index (χ1) is 7.81. The van der Waals surface area contributed by atoms with Crippen molar-refractivity contribution in [2.24, 2.45) is 11.7 Å². The molecule has 2 unspecified atom stereocenters. The summed E-state index contributed by atoms with van der Waals surface area (Å²) in [6.07, 6.45) is 1.09. The largest absolute Gasteiger partial charge is 0.330 e. The maximum atomic E-state index is 14.1. The SMILES string of the molecule is NCCc1ccc(C(F)C2CCSC2)cc1. The Morgan fingerprint density at radius 3 is 2.69 bits per heavy atom. The van der Waals surface area contributed by atoms with E-state index in [4.69, 9.17) is 5.73 Å². The Morgan fingerprint density at radius 1 is 1.38 bits per heavy atom. The topological polar surface area (TPSA) is 26.0 Å². The maximum Gasteiger partial charge on any atom is 0.129 e. The van der Waals surface area contributed by atoms with Gasteiger partial charge in [-0.1, -0.05) is 24.3 Å². The third-order valence-corrected chi connectivity index (χ3v) is 4.30. The Labute approximate surface area is 101 Å². The average molecular weight is 239 g/mol. The van der Waals surface area contributed by atoms with Crippen molar-refractivity contribution < 1.29 is 4.39 Å². The van der Waals surface area contributed by atoms with Crippen LogP contribution in [0.15, 0.2) is 24.3 Å². The summed E-state index contributed by atoms with van der Waals surface area (Å²) in [5.41, 5.74) is 7.50. The highest BCUT2D eigenvalue weighted by molar-refractivity contribution is 7.99. The Morgan fingerprint density at radius 2 is 2.12 bits per heavy atom. The third kappa shape index (κ3) is 2.77. The minimum absolute atomic E-state index is 0.213. The van der Waals surface area contributed by atoms with Crippen LogP contribution in [0.1, 0.15) is 23.7 Å². The molecule has 1 aliphatic heterocycles. The highest BCUT2D eigenvalue weighted by Gasteiger charge is 2.26. The summed E-state index contributed by atoms with van der Waals surface area (Å²) in [6, 6.07) is 7.82. The number of halogens is 1. The molecule has 0 spiro atoms. The lowest BCUT2D eigenvalue weighted by Crippen LogP contribution is -2.08. The zero-order valence-corrected chi connectivity index (χ0v) is 10.2. The van der Waals surface area contributed by atoms with Gasteiger partial charge in [0.1, 0.15) is 6.17 Å². The van der Waals surface area contributed by atoms with E-state index in [1.807, 2.05) is 36.0 Å². The zero-order valence-electron chi connectivity index (χ0n) is 9.36. The van der Waals surface area contributed by atoms with Crippen molar-refractivity contribution in [1.82, 2.24) is 0 Å². The fraction of sp³-hybridized carbons (Fsp3) is 0.538. The second-order valence-corrected chi connectivity index (χ2v) is 5.46. The molecule has 0 saturated carbocycles. The lowest BCUT2D eigenvalue weighted by molar-refractivity contribution is 0.251. The molecule has 2 N–H and O–H groups in total. The number of benzene rings is 1. The van der Waals surface area contributed by atoms with Crippen molar-refractivity contribution in [2.75, 3.05) is 18.1 Å². The molecular formula is C13H18FNS. The Kier molecular flexibility index (Phi) is 4.24. The van der Waals surface area contributed by atoms with Crippen LogP contribution in [0.5, 0.6) is 0 Å². The number of rotatable bonds is 4. The van der Waals surface area contributed by atoms with E-state index in [9.17, 15) is 4.39 Å². The summed E-state index contributed by atoms with van der Waals surface area (Å²) in [4.78, 5) is 0. The highest BCUT2D eigenvalue weighted by atomic mass is 32.2. The van der Waals surface area contributed by atoms with Crippen molar-refractivity contribution in [1.29, 1.82) is 0 Å². The maximum absolute atomic E-state index is 14.1. The molecule has 1 fully saturated rings. The van der Waals surface area contributed by atoms with Crippen molar-refractivity contribution in [3.05, 3.63) is 35.4 Å². The average Bonchev–Trinajstić information content (AvgIpc) is 2.83. The number of hydrogen-bond acceptors (Lipinski definition) is 2. The van der Waals surface area contributed by atoms with Crippen LogP contribution in [0.4, 0.5) is 4.39 Å². The van der Waals surface area contributed by atoms with Gasteiger partial charge in [0, 0.05) is 5.92 Å². The number of nitrogens with two attached hydrogens (primary N) is 1. The van der Waals surface area contributed by atoms with Crippen LogP contribution < -0.4 is 5.73 Å². The van der Waals surface area contributed by atoms with Gasteiger partial charge in [-0.3, -0.25) is 0 Å². The molecule has 16 heavy (non-hydrogen) atoms. The number of thioether (sulfide) groups is 1. The van der Waals surface area contributed by atoms with Gasteiger partial charge < -0.3 is 5.73 Å². The van der Waals surface area contributed by atoms with Crippen molar-refractivity contribution >= 4 is 11.8 Å². The molecule has 2 rings (SSSR count). The summed E-state index contributed by atoms with van der Waals surface area (Å²) < 4.78 is 14.1. The van der Waals surface area contributed by atoms with Crippen LogP contribution in [0, 0.1) is 5.92 Å². The van der Waals surface area contributed by atoms with E-state index < -0.39 is 6.17 Å². The van der Waals surface area contributed by atoms with Crippen molar-refractivity contribution in [2.45, 2.75) is 19.0 Å². The second-order valence-electron chi connectivity index (χ2n) is 4.31. The van der Waals surface area contributed by atoms with Gasteiger partial charge in [0.25, 0.3) is 0 Å². The lowest BCUT2D eigenvalue weighted by atomic mass is 9.95. The molecule has 1 heterocycles. The predicted molar refractivity (Wildman–Crippen MR) is 68.5 cm³/mol. The van der Waals surface area contributed by atoms with Gasteiger partial charge in [-0.25, -0.2) is 4.39 Å². The Bertz CT molecular complexity index is 319. The molecule has 1 nitrogen and oxygen atoms in total. The number of hydrogen-bond donors (Lipinski definition) is 1. The summed E-state index contributed by atoms with van der Waals surface area (Å²) in [6.45, 7) is 0.650. The molecular weight excluding hydrogens is 221 g/mol. The van der Waals surface area contributed by atoms with Crippen LogP contribution in [-0.2, 0) is 6.42 Å². The van der Waals surface area contributed by atoms with Crippen molar-refractivity contribution in [3.8, 4) is 0 Å². The van der Waals surface area contributed by atoms with E-state index in [-0.39, 0.29) is 5.92 Å². The minimum atomic E-state index is -0.790. The van der Waals surface area contributed by atoms with E-state index in [1.54, 1.807) is 0 Å². The monoisotopic (exact) mass is 239 g/mol. The van der Waals surface area contributed by atoms with Gasteiger partial charge in [-0.15, -0.1) is 0 Å². The molecule has 0 aromatic heterocycles. The summed E-state index contributed by atoms with van der Waals surface area (Å²) in [5.74, 6) is 2.28. The van der Waals surface area contributed by atoms with Crippen LogP contribution in [0.25, 0.3) is 0 Å². The first-order valence-electron chi connectivity index (χ1n) is 5.82. The van der Waals surface area contributed by atoms with Gasteiger partial charge >= 0.3 is 0 Å². The zero-order chi connectivity index (χ0) is 11.4. The van der Waals surface area contributed by atoms with Crippen molar-refractivity contribution in [3.63, 3.8) is 0 Å².